The first kappa shape index (κ1) is 25.0. The molecule has 0 aromatic heterocycles. The van der Waals surface area contributed by atoms with Crippen LogP contribution in [0.25, 0.3) is 6.08 Å². The van der Waals surface area contributed by atoms with Crippen LogP contribution in [0, 0.1) is 11.6 Å². The first-order chi connectivity index (χ1) is 16.8. The maximum absolute atomic E-state index is 14.2. The molecule has 0 radical (unpaired) electrons. The van der Waals surface area contributed by atoms with Crippen molar-refractivity contribution in [1.29, 1.82) is 0 Å². The monoisotopic (exact) mass is 535 g/mol. The molecule has 0 saturated carbocycles. The molecule has 1 aliphatic heterocycles. The van der Waals surface area contributed by atoms with E-state index in [1.165, 1.54) is 43.5 Å². The third-order valence-electron chi connectivity index (χ3n) is 5.19. The topological polar surface area (TPSA) is 55.8 Å². The summed E-state index contributed by atoms with van der Waals surface area (Å²) in [6, 6.07) is 13.4. The first-order valence-electron chi connectivity index (χ1n) is 10.2. The van der Waals surface area contributed by atoms with Gasteiger partial charge in [0.1, 0.15) is 18.2 Å². The molecule has 5 nitrogen and oxygen atoms in total. The summed E-state index contributed by atoms with van der Waals surface area (Å²) in [5, 5.41) is -0.248. The van der Waals surface area contributed by atoms with E-state index in [2.05, 4.69) is 0 Å². The fourth-order valence-corrected chi connectivity index (χ4v) is 4.66. The third kappa shape index (κ3) is 5.29. The molecular formula is C25H17Cl2F2NO4S. The highest BCUT2D eigenvalue weighted by Crippen LogP contribution is 2.39. The number of para-hydroxylation sites is 1. The number of hydrogen-bond donors (Lipinski definition) is 0. The van der Waals surface area contributed by atoms with Gasteiger partial charge < -0.3 is 9.47 Å². The number of thioether (sulfide) groups is 1. The van der Waals surface area contributed by atoms with Crippen LogP contribution in [0.3, 0.4) is 0 Å². The predicted molar refractivity (Wildman–Crippen MR) is 132 cm³/mol. The largest absolute Gasteiger partial charge is 0.493 e. The van der Waals surface area contributed by atoms with E-state index in [9.17, 15) is 18.4 Å². The second-order valence-corrected chi connectivity index (χ2v) is 9.14. The van der Waals surface area contributed by atoms with Gasteiger partial charge in [-0.2, -0.15) is 0 Å². The van der Waals surface area contributed by atoms with Gasteiger partial charge >= 0.3 is 0 Å². The van der Waals surface area contributed by atoms with Gasteiger partial charge in [0.2, 0.25) is 0 Å². The number of ether oxygens (including phenoxy) is 2. The number of rotatable bonds is 7. The Morgan fingerprint density at radius 1 is 0.943 bits per heavy atom. The minimum atomic E-state index is -0.615. The SMILES string of the molecule is COc1cccc(/C=C2\SC(=O)N(Cc3c(F)cccc3Cl)C2=O)c1OCc1c(F)cccc1Cl. The molecule has 3 aromatic rings. The Balaban J connectivity index is 1.63. The summed E-state index contributed by atoms with van der Waals surface area (Å²) in [5.74, 6) is -1.18. The lowest BCUT2D eigenvalue weighted by molar-refractivity contribution is -0.123. The highest BCUT2D eigenvalue weighted by molar-refractivity contribution is 8.18. The van der Waals surface area contributed by atoms with Crippen LogP contribution in [0.1, 0.15) is 16.7 Å². The van der Waals surface area contributed by atoms with E-state index in [4.69, 9.17) is 32.7 Å². The Morgan fingerprint density at radius 2 is 1.57 bits per heavy atom. The molecule has 2 amide bonds. The number of imide groups is 1. The Bertz CT molecular complexity index is 1310. The summed E-state index contributed by atoms with van der Waals surface area (Å²) in [6.07, 6.45) is 1.47. The summed E-state index contributed by atoms with van der Waals surface area (Å²) in [7, 11) is 1.44. The standard InChI is InChI=1S/C25H17Cl2F2NO4S/c1-33-21-10-2-5-14(23(21)34-13-16-18(27)7-4-9-20(16)29)11-22-24(31)30(25(32)35-22)12-15-17(26)6-3-8-19(15)28/h2-11H,12-13H2,1H3/b22-11-. The second-order valence-electron chi connectivity index (χ2n) is 7.34. The van der Waals surface area contributed by atoms with E-state index in [-0.39, 0.29) is 45.0 Å². The zero-order valence-corrected chi connectivity index (χ0v) is 20.5. The average Bonchev–Trinajstić information content (AvgIpc) is 3.08. The van der Waals surface area contributed by atoms with Crippen molar-refractivity contribution in [1.82, 2.24) is 4.90 Å². The van der Waals surface area contributed by atoms with Gasteiger partial charge in [0.25, 0.3) is 11.1 Å². The number of nitrogens with zero attached hydrogens (tertiary/aromatic N) is 1. The van der Waals surface area contributed by atoms with Crippen LogP contribution in [0.2, 0.25) is 10.0 Å². The fourth-order valence-electron chi connectivity index (χ4n) is 3.40. The molecule has 1 saturated heterocycles. The van der Waals surface area contributed by atoms with E-state index in [1.54, 1.807) is 24.3 Å². The molecule has 0 spiro atoms. The van der Waals surface area contributed by atoms with Gasteiger partial charge in [-0.15, -0.1) is 0 Å². The van der Waals surface area contributed by atoms with Crippen molar-refractivity contribution in [3.63, 3.8) is 0 Å². The van der Waals surface area contributed by atoms with Crippen molar-refractivity contribution in [2.24, 2.45) is 0 Å². The number of benzene rings is 3. The van der Waals surface area contributed by atoms with E-state index in [1.807, 2.05) is 0 Å². The van der Waals surface area contributed by atoms with Gasteiger partial charge in [-0.1, -0.05) is 47.5 Å². The smallest absolute Gasteiger partial charge is 0.293 e. The molecule has 0 aliphatic carbocycles. The minimum absolute atomic E-state index is 0.0462. The van der Waals surface area contributed by atoms with Crippen molar-refractivity contribution in [2.45, 2.75) is 13.2 Å². The van der Waals surface area contributed by atoms with Gasteiger partial charge in [0.05, 0.1) is 23.6 Å². The zero-order chi connectivity index (χ0) is 25.1. The van der Waals surface area contributed by atoms with Crippen LogP contribution >= 0.6 is 35.0 Å². The molecular weight excluding hydrogens is 519 g/mol. The molecule has 0 bridgehead atoms. The molecule has 4 rings (SSSR count). The Morgan fingerprint density at radius 3 is 2.20 bits per heavy atom. The molecule has 1 heterocycles. The quantitative estimate of drug-likeness (QED) is 0.302. The molecule has 0 N–H and O–H groups in total. The lowest BCUT2D eigenvalue weighted by Gasteiger charge is -2.15. The van der Waals surface area contributed by atoms with E-state index >= 15 is 0 Å². The van der Waals surface area contributed by atoms with Crippen LogP contribution in [0.15, 0.2) is 59.5 Å². The van der Waals surface area contributed by atoms with Crippen molar-refractivity contribution in [3.8, 4) is 11.5 Å². The molecule has 0 unspecified atom stereocenters. The normalized spacial score (nSPS) is 14.7. The zero-order valence-electron chi connectivity index (χ0n) is 18.2. The Kier molecular flexibility index (Phi) is 7.64. The lowest BCUT2D eigenvalue weighted by Crippen LogP contribution is -2.28. The van der Waals surface area contributed by atoms with Gasteiger partial charge in [-0.3, -0.25) is 14.5 Å². The maximum Gasteiger partial charge on any atom is 0.293 e. The molecule has 180 valence electrons. The minimum Gasteiger partial charge on any atom is -0.493 e. The van der Waals surface area contributed by atoms with Crippen molar-refractivity contribution in [2.75, 3.05) is 7.11 Å². The molecule has 1 fully saturated rings. The fraction of sp³-hybridized carbons (Fsp3) is 0.120. The summed E-state index contributed by atoms with van der Waals surface area (Å²) in [6.45, 7) is -0.499. The van der Waals surface area contributed by atoms with E-state index < -0.39 is 22.8 Å². The number of methoxy groups -OCH3 is 1. The van der Waals surface area contributed by atoms with Crippen LogP contribution in [-0.2, 0) is 17.9 Å². The molecule has 35 heavy (non-hydrogen) atoms. The van der Waals surface area contributed by atoms with E-state index in [0.29, 0.717) is 23.1 Å². The molecule has 1 aliphatic rings. The first-order valence-corrected chi connectivity index (χ1v) is 11.8. The lowest BCUT2D eigenvalue weighted by atomic mass is 10.1. The predicted octanol–water partition coefficient (Wildman–Crippen LogP) is 7.10. The van der Waals surface area contributed by atoms with Gasteiger partial charge in [0, 0.05) is 21.7 Å². The summed E-state index contributed by atoms with van der Waals surface area (Å²) < 4.78 is 39.6. The average molecular weight is 536 g/mol. The summed E-state index contributed by atoms with van der Waals surface area (Å²) in [5.41, 5.74) is 0.629. The van der Waals surface area contributed by atoms with Crippen LogP contribution in [0.5, 0.6) is 11.5 Å². The van der Waals surface area contributed by atoms with Gasteiger partial charge in [0.15, 0.2) is 11.5 Å². The van der Waals surface area contributed by atoms with Crippen molar-refractivity contribution < 1.29 is 27.8 Å². The van der Waals surface area contributed by atoms with Crippen LogP contribution in [0.4, 0.5) is 13.6 Å². The second kappa shape index (κ2) is 10.7. The van der Waals surface area contributed by atoms with Crippen molar-refractivity contribution in [3.05, 3.63) is 97.9 Å². The van der Waals surface area contributed by atoms with Crippen LogP contribution < -0.4 is 9.47 Å². The maximum atomic E-state index is 14.2. The number of hydrogen-bond acceptors (Lipinski definition) is 5. The molecule has 3 aromatic carbocycles. The number of carbonyl (C=O) groups excluding carboxylic acids is 2. The number of amides is 2. The summed E-state index contributed by atoms with van der Waals surface area (Å²) >= 11 is 12.9. The number of halogens is 4. The van der Waals surface area contributed by atoms with Gasteiger partial charge in [-0.05, 0) is 48.2 Å². The highest BCUT2D eigenvalue weighted by Gasteiger charge is 2.36. The Labute approximate surface area is 214 Å². The summed E-state index contributed by atoms with van der Waals surface area (Å²) in [4.78, 5) is 26.6. The number of carbonyl (C=O) groups is 2. The Hall–Kier alpha value is -3.07. The third-order valence-corrected chi connectivity index (χ3v) is 6.81. The van der Waals surface area contributed by atoms with E-state index in [0.717, 1.165) is 4.90 Å². The molecule has 0 atom stereocenters. The van der Waals surface area contributed by atoms with Crippen LogP contribution in [-0.4, -0.2) is 23.2 Å². The molecule has 10 heteroatoms. The van der Waals surface area contributed by atoms with Gasteiger partial charge in [-0.25, -0.2) is 8.78 Å². The highest BCUT2D eigenvalue weighted by atomic mass is 35.5. The van der Waals surface area contributed by atoms with Crippen molar-refractivity contribution >= 4 is 52.2 Å².